The first-order valence-corrected chi connectivity index (χ1v) is 11.9. The topological polar surface area (TPSA) is 67.9 Å². The van der Waals surface area contributed by atoms with Crippen LogP contribution >= 0.6 is 11.6 Å². The molecule has 178 valence electrons. The molecule has 3 rings (SSSR count). The van der Waals surface area contributed by atoms with Gasteiger partial charge in [0, 0.05) is 12.6 Å². The molecule has 2 aromatic carbocycles. The summed E-state index contributed by atoms with van der Waals surface area (Å²) in [5.74, 6) is 0.985. The quantitative estimate of drug-likeness (QED) is 0.537. The highest BCUT2D eigenvalue weighted by Gasteiger charge is 2.33. The molecule has 1 fully saturated rings. The summed E-state index contributed by atoms with van der Waals surface area (Å²) >= 11 is 6.00. The summed E-state index contributed by atoms with van der Waals surface area (Å²) in [5.41, 5.74) is 1.56. The third kappa shape index (κ3) is 6.41. The van der Waals surface area contributed by atoms with Crippen molar-refractivity contribution in [3.05, 3.63) is 59.7 Å². The SMILES string of the molecule is COc1ccc([C@H](C(=O)NC2CCC(C)CC2)N(Cc2ccccc2)C(=O)CCl)cc1OC. The number of halogens is 1. The average Bonchev–Trinajstić information content (AvgIpc) is 2.85. The van der Waals surface area contributed by atoms with E-state index in [0.29, 0.717) is 23.0 Å². The van der Waals surface area contributed by atoms with Crippen LogP contribution in [-0.2, 0) is 16.1 Å². The number of alkyl halides is 1. The van der Waals surface area contributed by atoms with Crippen molar-refractivity contribution in [2.24, 2.45) is 5.92 Å². The Morgan fingerprint density at radius 3 is 2.30 bits per heavy atom. The minimum Gasteiger partial charge on any atom is -0.493 e. The maximum absolute atomic E-state index is 13.7. The molecule has 0 bridgehead atoms. The molecule has 7 heteroatoms. The first kappa shape index (κ1) is 24.9. The van der Waals surface area contributed by atoms with Crippen LogP contribution in [0.5, 0.6) is 11.5 Å². The second kappa shape index (κ2) is 11.9. The van der Waals surface area contributed by atoms with E-state index < -0.39 is 6.04 Å². The molecule has 0 aromatic heterocycles. The van der Waals surface area contributed by atoms with Gasteiger partial charge in [-0.15, -0.1) is 11.6 Å². The van der Waals surface area contributed by atoms with E-state index in [2.05, 4.69) is 12.2 Å². The van der Waals surface area contributed by atoms with E-state index in [1.165, 1.54) is 0 Å². The van der Waals surface area contributed by atoms with Gasteiger partial charge in [-0.1, -0.05) is 43.3 Å². The van der Waals surface area contributed by atoms with Gasteiger partial charge in [-0.25, -0.2) is 0 Å². The normalized spacial score (nSPS) is 18.8. The number of carbonyl (C=O) groups is 2. The lowest BCUT2D eigenvalue weighted by Crippen LogP contribution is -2.47. The number of nitrogens with zero attached hydrogens (tertiary/aromatic N) is 1. The highest BCUT2D eigenvalue weighted by molar-refractivity contribution is 6.27. The van der Waals surface area contributed by atoms with E-state index in [-0.39, 0.29) is 30.3 Å². The standard InChI is InChI=1S/C26H33ClN2O4/c1-18-9-12-21(13-10-18)28-26(31)25(20-11-14-22(32-2)23(15-20)33-3)29(24(30)16-27)17-19-7-5-4-6-8-19/h4-8,11,14-15,18,21,25H,9-10,12-13,16-17H2,1-3H3,(H,28,31)/t18?,21?,25-/m1/s1. The Labute approximate surface area is 201 Å². The smallest absolute Gasteiger partial charge is 0.247 e. The van der Waals surface area contributed by atoms with Crippen LogP contribution in [0.4, 0.5) is 0 Å². The number of benzene rings is 2. The zero-order valence-electron chi connectivity index (χ0n) is 19.6. The van der Waals surface area contributed by atoms with E-state index >= 15 is 0 Å². The summed E-state index contributed by atoms with van der Waals surface area (Å²) in [6.45, 7) is 2.51. The molecule has 0 heterocycles. The number of ether oxygens (including phenoxy) is 2. The van der Waals surface area contributed by atoms with Crippen LogP contribution < -0.4 is 14.8 Å². The van der Waals surface area contributed by atoms with Gasteiger partial charge >= 0.3 is 0 Å². The van der Waals surface area contributed by atoms with Crippen molar-refractivity contribution in [3.63, 3.8) is 0 Å². The van der Waals surface area contributed by atoms with Crippen LogP contribution in [0.25, 0.3) is 0 Å². The maximum Gasteiger partial charge on any atom is 0.247 e. The molecule has 1 aliphatic carbocycles. The van der Waals surface area contributed by atoms with Crippen LogP contribution in [0.2, 0.25) is 0 Å². The van der Waals surface area contributed by atoms with Crippen molar-refractivity contribution in [3.8, 4) is 11.5 Å². The first-order valence-electron chi connectivity index (χ1n) is 11.4. The molecule has 0 unspecified atom stereocenters. The molecule has 33 heavy (non-hydrogen) atoms. The van der Waals surface area contributed by atoms with E-state index in [4.69, 9.17) is 21.1 Å². The third-order valence-corrected chi connectivity index (χ3v) is 6.50. The van der Waals surface area contributed by atoms with E-state index in [1.807, 2.05) is 30.3 Å². The first-order chi connectivity index (χ1) is 16.0. The number of carbonyl (C=O) groups excluding carboxylic acids is 2. The lowest BCUT2D eigenvalue weighted by molar-refractivity contribution is -0.140. The van der Waals surface area contributed by atoms with Crippen LogP contribution in [-0.4, -0.2) is 42.9 Å². The van der Waals surface area contributed by atoms with Gasteiger partial charge in [0.2, 0.25) is 11.8 Å². The zero-order chi connectivity index (χ0) is 23.8. The molecule has 0 spiro atoms. The minimum absolute atomic E-state index is 0.0982. The van der Waals surface area contributed by atoms with Crippen LogP contribution in [0.15, 0.2) is 48.5 Å². The number of hydrogen-bond acceptors (Lipinski definition) is 4. The second-order valence-electron chi connectivity index (χ2n) is 8.62. The largest absolute Gasteiger partial charge is 0.493 e. The van der Waals surface area contributed by atoms with Gasteiger partial charge in [-0.05, 0) is 54.9 Å². The fourth-order valence-electron chi connectivity index (χ4n) is 4.36. The average molecular weight is 473 g/mol. The minimum atomic E-state index is -0.851. The number of nitrogens with one attached hydrogen (secondary N) is 1. The molecule has 1 saturated carbocycles. The van der Waals surface area contributed by atoms with Gasteiger partial charge in [-0.3, -0.25) is 9.59 Å². The molecule has 2 amide bonds. The Morgan fingerprint density at radius 1 is 1.03 bits per heavy atom. The number of hydrogen-bond donors (Lipinski definition) is 1. The Bertz CT molecular complexity index is 929. The van der Waals surface area contributed by atoms with Crippen LogP contribution in [0, 0.1) is 5.92 Å². The molecule has 0 saturated heterocycles. The Hall–Kier alpha value is -2.73. The summed E-state index contributed by atoms with van der Waals surface area (Å²) in [6.07, 6.45) is 4.04. The summed E-state index contributed by atoms with van der Waals surface area (Å²) in [4.78, 5) is 28.2. The number of methoxy groups -OCH3 is 2. The van der Waals surface area contributed by atoms with Gasteiger partial charge < -0.3 is 19.7 Å². The molecule has 1 N–H and O–H groups in total. The van der Waals surface area contributed by atoms with Crippen LogP contribution in [0.3, 0.4) is 0 Å². The molecule has 0 aliphatic heterocycles. The van der Waals surface area contributed by atoms with Gasteiger partial charge in [0.1, 0.15) is 11.9 Å². The fraction of sp³-hybridized carbons (Fsp3) is 0.462. The summed E-state index contributed by atoms with van der Waals surface area (Å²) in [6, 6.07) is 14.2. The van der Waals surface area contributed by atoms with E-state index in [1.54, 1.807) is 37.3 Å². The van der Waals surface area contributed by atoms with Crippen molar-refractivity contribution in [1.29, 1.82) is 0 Å². The molecule has 1 atom stereocenters. The Kier molecular flexibility index (Phi) is 9.01. The summed E-state index contributed by atoms with van der Waals surface area (Å²) < 4.78 is 10.8. The zero-order valence-corrected chi connectivity index (χ0v) is 20.3. The molecule has 1 aliphatic rings. The number of rotatable bonds is 9. The van der Waals surface area contributed by atoms with Crippen molar-refractivity contribution in [2.75, 3.05) is 20.1 Å². The third-order valence-electron chi connectivity index (χ3n) is 6.28. The fourth-order valence-corrected chi connectivity index (χ4v) is 4.51. The number of amides is 2. The predicted molar refractivity (Wildman–Crippen MR) is 130 cm³/mol. The molecular weight excluding hydrogens is 440 g/mol. The van der Waals surface area contributed by atoms with Crippen molar-refractivity contribution < 1.29 is 19.1 Å². The second-order valence-corrected chi connectivity index (χ2v) is 8.89. The van der Waals surface area contributed by atoms with Crippen molar-refractivity contribution >= 4 is 23.4 Å². The Balaban J connectivity index is 1.98. The highest BCUT2D eigenvalue weighted by Crippen LogP contribution is 2.33. The van der Waals surface area contributed by atoms with Gasteiger partial charge in [0.05, 0.1) is 14.2 Å². The van der Waals surface area contributed by atoms with Gasteiger partial charge in [0.15, 0.2) is 11.5 Å². The van der Waals surface area contributed by atoms with Gasteiger partial charge in [-0.2, -0.15) is 0 Å². The van der Waals surface area contributed by atoms with Crippen LogP contribution in [0.1, 0.15) is 49.8 Å². The summed E-state index contributed by atoms with van der Waals surface area (Å²) in [7, 11) is 3.11. The molecular formula is C26H33ClN2O4. The predicted octanol–water partition coefficient (Wildman–Crippen LogP) is 4.71. The summed E-state index contributed by atoms with van der Waals surface area (Å²) in [5, 5.41) is 3.20. The lowest BCUT2D eigenvalue weighted by atomic mass is 9.87. The van der Waals surface area contributed by atoms with E-state index in [0.717, 1.165) is 31.2 Å². The van der Waals surface area contributed by atoms with Crippen molar-refractivity contribution in [2.45, 2.75) is 51.2 Å². The maximum atomic E-state index is 13.7. The highest BCUT2D eigenvalue weighted by atomic mass is 35.5. The Morgan fingerprint density at radius 2 is 1.70 bits per heavy atom. The van der Waals surface area contributed by atoms with Crippen molar-refractivity contribution in [1.82, 2.24) is 10.2 Å². The molecule has 2 aromatic rings. The molecule has 6 nitrogen and oxygen atoms in total. The van der Waals surface area contributed by atoms with E-state index in [9.17, 15) is 9.59 Å². The molecule has 0 radical (unpaired) electrons. The monoisotopic (exact) mass is 472 g/mol. The lowest BCUT2D eigenvalue weighted by Gasteiger charge is -2.34. The van der Waals surface area contributed by atoms with Gasteiger partial charge in [0.25, 0.3) is 0 Å².